The number of piperidine rings is 1. The maximum atomic E-state index is 12.7. The van der Waals surface area contributed by atoms with Crippen LogP contribution in [-0.4, -0.2) is 57.2 Å². The highest BCUT2D eigenvalue weighted by molar-refractivity contribution is 8.00. The summed E-state index contributed by atoms with van der Waals surface area (Å²) in [6, 6.07) is -0.753. The van der Waals surface area contributed by atoms with Crippen LogP contribution in [0.15, 0.2) is 0 Å². The first-order valence-electron chi connectivity index (χ1n) is 7.87. The number of hydrogen-bond acceptors (Lipinski definition) is 3. The van der Waals surface area contributed by atoms with Crippen LogP contribution in [0, 0.1) is 11.8 Å². The fraction of sp³-hybridized carbons (Fsp3) is 0.867. The molecular weight excluding hydrogens is 288 g/mol. The Hall–Kier alpha value is -0.910. The van der Waals surface area contributed by atoms with Crippen molar-refractivity contribution in [1.29, 1.82) is 0 Å². The van der Waals surface area contributed by atoms with Crippen LogP contribution < -0.4 is 0 Å². The van der Waals surface area contributed by atoms with Gasteiger partial charge in [0.2, 0.25) is 0 Å². The minimum Gasteiger partial charge on any atom is -0.480 e. The smallest absolute Gasteiger partial charge is 0.327 e. The molecule has 2 aliphatic heterocycles. The van der Waals surface area contributed by atoms with Gasteiger partial charge in [-0.25, -0.2) is 9.59 Å². The van der Waals surface area contributed by atoms with Gasteiger partial charge in [0.25, 0.3) is 0 Å². The molecule has 0 aromatic heterocycles. The lowest BCUT2D eigenvalue weighted by Gasteiger charge is -2.38. The summed E-state index contributed by atoms with van der Waals surface area (Å²) in [4.78, 5) is 27.6. The number of nitrogens with zero attached hydrogens (tertiary/aromatic N) is 2. The third-order valence-corrected chi connectivity index (χ3v) is 6.15. The Labute approximate surface area is 131 Å². The molecule has 0 spiro atoms. The van der Waals surface area contributed by atoms with Crippen LogP contribution >= 0.6 is 11.8 Å². The second kappa shape index (κ2) is 6.90. The Balaban J connectivity index is 2.02. The van der Waals surface area contributed by atoms with E-state index in [-0.39, 0.29) is 11.4 Å². The Bertz CT molecular complexity index is 394. The van der Waals surface area contributed by atoms with Gasteiger partial charge in [0.15, 0.2) is 0 Å². The summed E-state index contributed by atoms with van der Waals surface area (Å²) in [5.74, 6) is 0.949. The van der Waals surface area contributed by atoms with E-state index in [0.717, 1.165) is 32.4 Å². The van der Waals surface area contributed by atoms with Crippen molar-refractivity contribution in [3.63, 3.8) is 0 Å². The summed E-state index contributed by atoms with van der Waals surface area (Å²) in [6.07, 6.45) is 2.85. The highest BCUT2D eigenvalue weighted by atomic mass is 32.2. The first-order chi connectivity index (χ1) is 9.95. The summed E-state index contributed by atoms with van der Waals surface area (Å²) in [7, 11) is 0. The average Bonchev–Trinajstić information content (AvgIpc) is 2.90. The molecule has 2 fully saturated rings. The number of urea groups is 1. The zero-order valence-corrected chi connectivity index (χ0v) is 13.9. The van der Waals surface area contributed by atoms with Gasteiger partial charge >= 0.3 is 12.0 Å². The molecule has 0 bridgehead atoms. The number of carbonyl (C=O) groups excluding carboxylic acids is 1. The van der Waals surface area contributed by atoms with Crippen LogP contribution in [0.2, 0.25) is 0 Å². The zero-order chi connectivity index (χ0) is 15.6. The van der Waals surface area contributed by atoms with Crippen molar-refractivity contribution in [1.82, 2.24) is 9.80 Å². The molecule has 2 saturated heterocycles. The Morgan fingerprint density at radius 2 is 1.90 bits per heavy atom. The van der Waals surface area contributed by atoms with Gasteiger partial charge in [-0.15, -0.1) is 11.8 Å². The third-order valence-electron chi connectivity index (χ3n) is 4.70. The van der Waals surface area contributed by atoms with Gasteiger partial charge in [-0.05, 0) is 31.1 Å². The number of carbonyl (C=O) groups is 2. The van der Waals surface area contributed by atoms with E-state index in [1.165, 1.54) is 0 Å². The maximum absolute atomic E-state index is 12.7. The van der Waals surface area contributed by atoms with Crippen molar-refractivity contribution in [3.8, 4) is 0 Å². The molecule has 2 atom stereocenters. The van der Waals surface area contributed by atoms with Crippen LogP contribution in [0.5, 0.6) is 0 Å². The van der Waals surface area contributed by atoms with E-state index in [1.54, 1.807) is 16.7 Å². The SMILES string of the molecule is CCC1SCC(C(=O)O)N1C(=O)N1CCC(C(C)C)CC1. The molecule has 0 radical (unpaired) electrons. The van der Waals surface area contributed by atoms with Gasteiger partial charge in [0.05, 0.1) is 5.37 Å². The van der Waals surface area contributed by atoms with Crippen molar-refractivity contribution in [2.24, 2.45) is 11.8 Å². The third kappa shape index (κ3) is 3.47. The summed E-state index contributed by atoms with van der Waals surface area (Å²) in [5.41, 5.74) is 0. The summed E-state index contributed by atoms with van der Waals surface area (Å²) < 4.78 is 0. The molecule has 2 amide bonds. The Morgan fingerprint density at radius 3 is 2.38 bits per heavy atom. The topological polar surface area (TPSA) is 60.9 Å². The summed E-state index contributed by atoms with van der Waals surface area (Å²) in [5, 5.41) is 9.33. The number of rotatable bonds is 3. The average molecular weight is 314 g/mol. The normalized spacial score (nSPS) is 27.4. The van der Waals surface area contributed by atoms with E-state index < -0.39 is 12.0 Å². The Morgan fingerprint density at radius 1 is 1.29 bits per heavy atom. The van der Waals surface area contributed by atoms with Gasteiger partial charge < -0.3 is 10.0 Å². The second-order valence-electron chi connectivity index (χ2n) is 6.31. The van der Waals surface area contributed by atoms with E-state index in [0.29, 0.717) is 17.6 Å². The van der Waals surface area contributed by atoms with Gasteiger partial charge in [0.1, 0.15) is 6.04 Å². The number of carboxylic acids is 1. The van der Waals surface area contributed by atoms with E-state index in [9.17, 15) is 14.7 Å². The molecule has 2 heterocycles. The van der Waals surface area contributed by atoms with Crippen LogP contribution in [0.3, 0.4) is 0 Å². The van der Waals surface area contributed by atoms with E-state index >= 15 is 0 Å². The van der Waals surface area contributed by atoms with Gasteiger partial charge in [-0.2, -0.15) is 0 Å². The van der Waals surface area contributed by atoms with Gasteiger partial charge in [-0.1, -0.05) is 20.8 Å². The molecule has 0 saturated carbocycles. The number of carboxylic acid groups (broad SMARTS) is 1. The highest BCUT2D eigenvalue weighted by Gasteiger charge is 2.43. The van der Waals surface area contributed by atoms with Crippen LogP contribution in [0.4, 0.5) is 4.79 Å². The summed E-state index contributed by atoms with van der Waals surface area (Å²) in [6.45, 7) is 7.98. The fourth-order valence-electron chi connectivity index (χ4n) is 3.25. The van der Waals surface area contributed by atoms with E-state index in [1.807, 2.05) is 11.8 Å². The van der Waals surface area contributed by atoms with Crippen LogP contribution in [-0.2, 0) is 4.79 Å². The fourth-order valence-corrected chi connectivity index (χ4v) is 4.59. The molecule has 2 rings (SSSR count). The van der Waals surface area contributed by atoms with Crippen LogP contribution in [0.1, 0.15) is 40.0 Å². The molecule has 0 aromatic rings. The van der Waals surface area contributed by atoms with Crippen molar-refractivity contribution in [2.45, 2.75) is 51.4 Å². The quantitative estimate of drug-likeness (QED) is 0.870. The predicted molar refractivity (Wildman–Crippen MR) is 84.3 cm³/mol. The van der Waals surface area contributed by atoms with Gasteiger partial charge in [0, 0.05) is 18.8 Å². The number of aliphatic carboxylic acids is 1. The molecule has 120 valence electrons. The number of thioether (sulfide) groups is 1. The molecule has 5 nitrogen and oxygen atoms in total. The molecule has 2 unspecified atom stereocenters. The lowest BCUT2D eigenvalue weighted by Crippen LogP contribution is -2.53. The van der Waals surface area contributed by atoms with Crippen LogP contribution in [0.25, 0.3) is 0 Å². The molecular formula is C15H26N2O3S. The molecule has 1 N–H and O–H groups in total. The monoisotopic (exact) mass is 314 g/mol. The Kier molecular flexibility index (Phi) is 5.41. The molecule has 0 aliphatic carbocycles. The predicted octanol–water partition coefficient (Wildman–Crippen LogP) is 2.71. The van der Waals surface area contributed by atoms with Crippen molar-refractivity contribution in [2.75, 3.05) is 18.8 Å². The van der Waals surface area contributed by atoms with Crippen molar-refractivity contribution in [3.05, 3.63) is 0 Å². The number of likely N-dealkylation sites (tertiary alicyclic amines) is 1. The highest BCUT2D eigenvalue weighted by Crippen LogP contribution is 2.33. The zero-order valence-electron chi connectivity index (χ0n) is 13.1. The minimum atomic E-state index is -0.885. The van der Waals surface area contributed by atoms with Crippen molar-refractivity contribution < 1.29 is 14.7 Å². The first kappa shape index (κ1) is 16.5. The largest absolute Gasteiger partial charge is 0.480 e. The number of amides is 2. The second-order valence-corrected chi connectivity index (χ2v) is 7.52. The van der Waals surface area contributed by atoms with E-state index in [4.69, 9.17) is 0 Å². The summed E-state index contributed by atoms with van der Waals surface area (Å²) >= 11 is 1.58. The lowest BCUT2D eigenvalue weighted by molar-refractivity contribution is -0.141. The van der Waals surface area contributed by atoms with Gasteiger partial charge in [-0.3, -0.25) is 4.90 Å². The molecule has 2 aliphatic rings. The standard InChI is InChI=1S/C15H26N2O3S/c1-4-13-17(12(9-21-13)14(18)19)15(20)16-7-5-11(6-8-16)10(2)3/h10-13H,4-9H2,1-3H3,(H,18,19). The molecule has 6 heteroatoms. The molecule has 0 aromatic carbocycles. The number of hydrogen-bond donors (Lipinski definition) is 1. The lowest BCUT2D eigenvalue weighted by atomic mass is 9.87. The minimum absolute atomic E-state index is 0.00132. The first-order valence-corrected chi connectivity index (χ1v) is 8.92. The maximum Gasteiger partial charge on any atom is 0.327 e. The van der Waals surface area contributed by atoms with Crippen molar-refractivity contribution >= 4 is 23.8 Å². The van der Waals surface area contributed by atoms with E-state index in [2.05, 4.69) is 13.8 Å². The molecule has 21 heavy (non-hydrogen) atoms.